The fourth-order valence-corrected chi connectivity index (χ4v) is 3.68. The molecule has 2 nitrogen and oxygen atoms in total. The van der Waals surface area contributed by atoms with Crippen molar-refractivity contribution in [1.29, 1.82) is 0 Å². The van der Waals surface area contributed by atoms with E-state index >= 15 is 0 Å². The zero-order valence-electron chi connectivity index (χ0n) is 5.92. The van der Waals surface area contributed by atoms with Crippen LogP contribution in [0.4, 0.5) is 0 Å². The molecular weight excluding hydrogens is 244 g/mol. The summed E-state index contributed by atoms with van der Waals surface area (Å²) in [5.41, 5.74) is 0. The molecule has 0 radical (unpaired) electrons. The zero-order chi connectivity index (χ0) is 7.56. The molecule has 0 spiro atoms. The Morgan fingerprint density at radius 1 is 1.40 bits per heavy atom. The van der Waals surface area contributed by atoms with Gasteiger partial charge in [-0.15, -0.1) is 0 Å². The van der Waals surface area contributed by atoms with Crippen molar-refractivity contribution in [3.63, 3.8) is 0 Å². The molecule has 1 fully saturated rings. The molecule has 0 aromatic carbocycles. The Labute approximate surface area is 70.4 Å². The first kappa shape index (κ1) is 8.23. The Balaban J connectivity index is 2.62. The quantitative estimate of drug-likeness (QED) is 0.509. The molecule has 0 unspecified atom stereocenters. The number of ketones is 2. The Kier molecular flexibility index (Phi) is 2.88. The van der Waals surface area contributed by atoms with Crippen molar-refractivity contribution in [3.8, 4) is 0 Å². The zero-order valence-corrected chi connectivity index (χ0v) is 8.25. The maximum absolute atomic E-state index is 11.0. The summed E-state index contributed by atoms with van der Waals surface area (Å²) in [6.45, 7) is 1.91. The third-order valence-electron chi connectivity index (χ3n) is 1.67. The molecule has 56 valence electrons. The third kappa shape index (κ3) is 1.59. The van der Waals surface area contributed by atoms with E-state index in [2.05, 4.69) is 0 Å². The molecule has 0 aliphatic carbocycles. The van der Waals surface area contributed by atoms with Crippen molar-refractivity contribution in [2.75, 3.05) is 0 Å². The van der Waals surface area contributed by atoms with Gasteiger partial charge in [-0.3, -0.25) is 0 Å². The minimum absolute atomic E-state index is 0.209. The van der Waals surface area contributed by atoms with Crippen LogP contribution >= 0.6 is 0 Å². The first-order valence-electron chi connectivity index (χ1n) is 3.39. The molecule has 0 aromatic heterocycles. The SMILES string of the molecule is CCC1C(=O)C[Te]CC1=O. The van der Waals surface area contributed by atoms with Gasteiger partial charge < -0.3 is 0 Å². The van der Waals surface area contributed by atoms with E-state index in [4.69, 9.17) is 0 Å². The fourth-order valence-electron chi connectivity index (χ4n) is 1.09. The molecular formula is C7H10O2Te. The minimum atomic E-state index is -0.256. The van der Waals surface area contributed by atoms with Crippen LogP contribution in [-0.4, -0.2) is 32.5 Å². The van der Waals surface area contributed by atoms with Crippen LogP contribution in [-0.2, 0) is 9.59 Å². The Bertz CT molecular complexity index is 149. The van der Waals surface area contributed by atoms with Crippen LogP contribution in [0.15, 0.2) is 0 Å². The molecule has 0 amide bonds. The van der Waals surface area contributed by atoms with Gasteiger partial charge in [0.15, 0.2) is 0 Å². The van der Waals surface area contributed by atoms with Crippen LogP contribution in [0, 0.1) is 5.92 Å². The molecule has 1 rings (SSSR count). The molecule has 3 heteroatoms. The summed E-state index contributed by atoms with van der Waals surface area (Å²) < 4.78 is 1.49. The number of carbonyl (C=O) groups excluding carboxylic acids is 2. The van der Waals surface area contributed by atoms with Gasteiger partial charge in [0.1, 0.15) is 0 Å². The summed E-state index contributed by atoms with van der Waals surface area (Å²) in [5.74, 6) is 0.196. The summed E-state index contributed by atoms with van der Waals surface area (Å²) in [7, 11) is 0. The third-order valence-corrected chi connectivity index (χ3v) is 4.46. The van der Waals surface area contributed by atoms with E-state index in [0.29, 0.717) is 6.42 Å². The van der Waals surface area contributed by atoms with Gasteiger partial charge in [-0.05, 0) is 0 Å². The molecule has 10 heavy (non-hydrogen) atoms. The van der Waals surface area contributed by atoms with Gasteiger partial charge in [-0.2, -0.15) is 0 Å². The summed E-state index contributed by atoms with van der Waals surface area (Å²) in [4.78, 5) is 22.1. The van der Waals surface area contributed by atoms with Gasteiger partial charge in [-0.25, -0.2) is 0 Å². The van der Waals surface area contributed by atoms with E-state index in [1.807, 2.05) is 6.92 Å². The Morgan fingerprint density at radius 2 is 1.90 bits per heavy atom. The van der Waals surface area contributed by atoms with Crippen LogP contribution in [0.2, 0.25) is 8.94 Å². The molecule has 1 aliphatic rings. The van der Waals surface area contributed by atoms with E-state index in [-0.39, 0.29) is 38.4 Å². The molecule has 1 aliphatic heterocycles. The van der Waals surface area contributed by atoms with E-state index in [0.717, 1.165) is 8.94 Å². The average molecular weight is 254 g/mol. The van der Waals surface area contributed by atoms with E-state index in [1.165, 1.54) is 0 Å². The molecule has 1 heterocycles. The fraction of sp³-hybridized carbons (Fsp3) is 0.714. The van der Waals surface area contributed by atoms with Crippen LogP contribution in [0.1, 0.15) is 13.3 Å². The van der Waals surface area contributed by atoms with Gasteiger partial charge in [0, 0.05) is 0 Å². The van der Waals surface area contributed by atoms with Crippen molar-refractivity contribution < 1.29 is 9.59 Å². The van der Waals surface area contributed by atoms with Crippen molar-refractivity contribution in [1.82, 2.24) is 0 Å². The number of carbonyl (C=O) groups is 2. The standard InChI is InChI=1S/C7H10O2Te/c1-2-5-6(8)3-10-4-7(5)9/h5H,2-4H2,1H3. The topological polar surface area (TPSA) is 34.1 Å². The second-order valence-electron chi connectivity index (χ2n) is 2.39. The monoisotopic (exact) mass is 256 g/mol. The second kappa shape index (κ2) is 3.50. The van der Waals surface area contributed by atoms with Crippen molar-refractivity contribution in [3.05, 3.63) is 0 Å². The van der Waals surface area contributed by atoms with Gasteiger partial charge in [-0.1, -0.05) is 0 Å². The molecule has 0 N–H and O–H groups in total. The Morgan fingerprint density at radius 3 is 2.20 bits per heavy atom. The van der Waals surface area contributed by atoms with E-state index < -0.39 is 0 Å². The van der Waals surface area contributed by atoms with Crippen LogP contribution in [0.5, 0.6) is 0 Å². The maximum atomic E-state index is 11.0. The summed E-state index contributed by atoms with van der Waals surface area (Å²) >= 11 is -0.256. The van der Waals surface area contributed by atoms with Gasteiger partial charge in [0.05, 0.1) is 0 Å². The van der Waals surface area contributed by atoms with Crippen molar-refractivity contribution in [2.24, 2.45) is 5.92 Å². The molecule has 0 atom stereocenters. The first-order valence-corrected chi connectivity index (χ1v) is 6.68. The molecule has 0 saturated carbocycles. The van der Waals surface area contributed by atoms with Crippen molar-refractivity contribution in [2.45, 2.75) is 22.3 Å². The summed E-state index contributed by atoms with van der Waals surface area (Å²) in [6, 6.07) is 0. The van der Waals surface area contributed by atoms with Gasteiger partial charge >= 0.3 is 70.3 Å². The summed E-state index contributed by atoms with van der Waals surface area (Å²) in [6.07, 6.45) is 0.713. The summed E-state index contributed by atoms with van der Waals surface area (Å²) in [5, 5.41) is 0. The number of hydrogen-bond donors (Lipinski definition) is 0. The second-order valence-corrected chi connectivity index (χ2v) is 5.20. The van der Waals surface area contributed by atoms with Crippen LogP contribution in [0.3, 0.4) is 0 Å². The predicted octanol–water partition coefficient (Wildman–Crippen LogP) is 0.705. The molecule has 0 aromatic rings. The number of rotatable bonds is 1. The van der Waals surface area contributed by atoms with Crippen molar-refractivity contribution >= 4 is 32.5 Å². The van der Waals surface area contributed by atoms with Gasteiger partial charge in [0.2, 0.25) is 0 Å². The number of Topliss-reactive ketones (excluding diaryl/α,β-unsaturated/α-hetero) is 2. The first-order chi connectivity index (χ1) is 4.75. The average Bonchev–Trinajstić information content (AvgIpc) is 1.88. The van der Waals surface area contributed by atoms with E-state index in [9.17, 15) is 9.59 Å². The van der Waals surface area contributed by atoms with Gasteiger partial charge in [0.25, 0.3) is 0 Å². The van der Waals surface area contributed by atoms with Crippen LogP contribution in [0.25, 0.3) is 0 Å². The Hall–Kier alpha value is 0.130. The number of hydrogen-bond acceptors (Lipinski definition) is 2. The van der Waals surface area contributed by atoms with E-state index in [1.54, 1.807) is 0 Å². The van der Waals surface area contributed by atoms with Crippen LogP contribution < -0.4 is 0 Å². The molecule has 0 bridgehead atoms. The predicted molar refractivity (Wildman–Crippen MR) is 39.2 cm³/mol. The normalized spacial score (nSPS) is 21.7. The molecule has 1 saturated heterocycles.